The lowest BCUT2D eigenvalue weighted by Gasteiger charge is -2.31. The Bertz CT molecular complexity index is 611. The van der Waals surface area contributed by atoms with E-state index in [-0.39, 0.29) is 30.1 Å². The second-order valence-electron chi connectivity index (χ2n) is 5.80. The van der Waals surface area contributed by atoms with Crippen LogP contribution in [0.5, 0.6) is 0 Å². The highest BCUT2D eigenvalue weighted by Gasteiger charge is 2.23. The molecule has 1 aliphatic rings. The number of rotatable bonds is 6. The molecule has 1 heterocycles. The molecule has 2 amide bonds. The monoisotopic (exact) mass is 390 g/mol. The summed E-state index contributed by atoms with van der Waals surface area (Å²) in [4.78, 5) is 25.1. The Labute approximate surface area is 157 Å². The molecule has 1 aromatic rings. The molecule has 0 aliphatic carbocycles. The molecule has 0 saturated carbocycles. The molecule has 6 nitrogen and oxygen atoms in total. The lowest BCUT2D eigenvalue weighted by molar-refractivity contribution is -0.0000228. The Morgan fingerprint density at radius 2 is 1.88 bits per heavy atom. The molecule has 9 heteroatoms. The van der Waals surface area contributed by atoms with E-state index in [1.807, 2.05) is 0 Å². The SMILES string of the molecule is CCOC(=O)N1CCC(NCCNC(=O)c2ccc(F)c(F)c2)CC1.[Cl-]. The second-order valence-corrected chi connectivity index (χ2v) is 5.80. The summed E-state index contributed by atoms with van der Waals surface area (Å²) < 4.78 is 30.9. The van der Waals surface area contributed by atoms with Gasteiger partial charge in [0.05, 0.1) is 6.61 Å². The van der Waals surface area contributed by atoms with Gasteiger partial charge in [0.15, 0.2) is 11.6 Å². The molecule has 26 heavy (non-hydrogen) atoms. The maximum absolute atomic E-state index is 13.1. The molecule has 0 atom stereocenters. The minimum atomic E-state index is -1.04. The van der Waals surface area contributed by atoms with E-state index in [0.29, 0.717) is 32.8 Å². The lowest BCUT2D eigenvalue weighted by Crippen LogP contribution is -3.00. The number of carbonyl (C=O) groups excluding carboxylic acids is 2. The molecule has 1 aliphatic heterocycles. The first-order chi connectivity index (χ1) is 12.0. The van der Waals surface area contributed by atoms with Gasteiger partial charge in [-0.2, -0.15) is 0 Å². The van der Waals surface area contributed by atoms with Crippen molar-refractivity contribution in [2.75, 3.05) is 32.8 Å². The van der Waals surface area contributed by atoms with Crippen molar-refractivity contribution in [3.8, 4) is 0 Å². The van der Waals surface area contributed by atoms with Crippen LogP contribution in [-0.2, 0) is 4.74 Å². The molecule has 0 aromatic heterocycles. The number of hydrogen-bond donors (Lipinski definition) is 2. The molecular formula is C17H23ClF2N3O3-. The van der Waals surface area contributed by atoms with Crippen molar-refractivity contribution in [2.45, 2.75) is 25.8 Å². The molecule has 0 unspecified atom stereocenters. The molecule has 0 bridgehead atoms. The molecule has 1 fully saturated rings. The quantitative estimate of drug-likeness (QED) is 0.606. The number of ether oxygens (including phenoxy) is 1. The highest BCUT2D eigenvalue weighted by Crippen LogP contribution is 2.11. The first-order valence-electron chi connectivity index (χ1n) is 8.39. The Balaban J connectivity index is 0.00000338. The number of hydrogen-bond acceptors (Lipinski definition) is 4. The van der Waals surface area contributed by atoms with Crippen molar-refractivity contribution >= 4 is 12.0 Å². The average molecular weight is 391 g/mol. The van der Waals surface area contributed by atoms with Crippen LogP contribution < -0.4 is 23.0 Å². The topological polar surface area (TPSA) is 70.7 Å². The van der Waals surface area contributed by atoms with Crippen molar-refractivity contribution in [2.24, 2.45) is 0 Å². The summed E-state index contributed by atoms with van der Waals surface area (Å²) in [6, 6.07) is 3.32. The fourth-order valence-electron chi connectivity index (χ4n) is 2.67. The van der Waals surface area contributed by atoms with Crippen LogP contribution in [-0.4, -0.2) is 55.7 Å². The van der Waals surface area contributed by atoms with E-state index in [4.69, 9.17) is 4.74 Å². The van der Waals surface area contributed by atoms with Crippen molar-refractivity contribution in [1.29, 1.82) is 0 Å². The first kappa shape index (κ1) is 22.1. The summed E-state index contributed by atoms with van der Waals surface area (Å²) in [5.74, 6) is -2.47. The van der Waals surface area contributed by atoms with E-state index in [1.54, 1.807) is 11.8 Å². The van der Waals surface area contributed by atoms with Gasteiger partial charge in [0.1, 0.15) is 0 Å². The van der Waals surface area contributed by atoms with E-state index in [2.05, 4.69) is 10.6 Å². The maximum atomic E-state index is 13.1. The van der Waals surface area contributed by atoms with E-state index in [9.17, 15) is 18.4 Å². The molecule has 146 valence electrons. The number of amides is 2. The molecule has 1 saturated heterocycles. The van der Waals surface area contributed by atoms with Crippen molar-refractivity contribution in [3.63, 3.8) is 0 Å². The number of piperidine rings is 1. The minimum absolute atomic E-state index is 0. The van der Waals surface area contributed by atoms with E-state index in [1.165, 1.54) is 6.07 Å². The fraction of sp³-hybridized carbons (Fsp3) is 0.529. The van der Waals surface area contributed by atoms with Gasteiger partial charge in [0.2, 0.25) is 0 Å². The largest absolute Gasteiger partial charge is 1.00 e. The maximum Gasteiger partial charge on any atom is 0.409 e. The highest BCUT2D eigenvalue weighted by atomic mass is 35.5. The summed E-state index contributed by atoms with van der Waals surface area (Å²) in [7, 11) is 0. The molecule has 2 rings (SSSR count). The summed E-state index contributed by atoms with van der Waals surface area (Å²) in [5.41, 5.74) is 0.0849. The second kappa shape index (κ2) is 10.9. The lowest BCUT2D eigenvalue weighted by atomic mass is 10.1. The summed E-state index contributed by atoms with van der Waals surface area (Å²) in [6.07, 6.45) is 1.35. The Morgan fingerprint density at radius 3 is 2.50 bits per heavy atom. The Hall–Kier alpha value is -1.93. The summed E-state index contributed by atoms with van der Waals surface area (Å²) in [5, 5.41) is 5.97. The van der Waals surface area contributed by atoms with Gasteiger partial charge in [-0.05, 0) is 38.0 Å². The van der Waals surface area contributed by atoms with Crippen molar-refractivity contribution in [1.82, 2.24) is 15.5 Å². The van der Waals surface area contributed by atoms with Crippen LogP contribution in [0.15, 0.2) is 18.2 Å². The standard InChI is InChI=1S/C17H23F2N3O3.ClH/c1-2-25-17(24)22-9-5-13(6-10-22)20-7-8-21-16(23)12-3-4-14(18)15(19)11-12;/h3-4,11,13,20H,2,5-10H2,1H3,(H,21,23);1H/p-1. The third kappa shape index (κ3) is 6.42. The van der Waals surface area contributed by atoms with Crippen molar-refractivity contribution < 1.29 is 35.5 Å². The zero-order valence-corrected chi connectivity index (χ0v) is 15.3. The summed E-state index contributed by atoms with van der Waals surface area (Å²) in [6.45, 7) is 4.35. The van der Waals surface area contributed by atoms with Gasteiger partial charge in [-0.3, -0.25) is 4.79 Å². The predicted octanol–water partition coefficient (Wildman–Crippen LogP) is -1.09. The number of nitrogens with one attached hydrogen (secondary N) is 2. The third-order valence-corrected chi connectivity index (χ3v) is 4.05. The normalized spacial score (nSPS) is 14.5. The van der Waals surface area contributed by atoms with Crippen LogP contribution in [0, 0.1) is 11.6 Å². The average Bonchev–Trinajstić information content (AvgIpc) is 2.61. The summed E-state index contributed by atoms with van der Waals surface area (Å²) >= 11 is 0. The van der Waals surface area contributed by atoms with Gasteiger partial charge in [-0.1, -0.05) is 0 Å². The zero-order valence-electron chi connectivity index (χ0n) is 14.6. The van der Waals surface area contributed by atoms with Crippen molar-refractivity contribution in [3.05, 3.63) is 35.4 Å². The Morgan fingerprint density at radius 1 is 1.19 bits per heavy atom. The van der Waals surface area contributed by atoms with Gasteiger partial charge < -0.3 is 32.7 Å². The number of benzene rings is 1. The minimum Gasteiger partial charge on any atom is -1.00 e. The Kier molecular flexibility index (Phi) is 9.29. The zero-order chi connectivity index (χ0) is 18.2. The van der Waals surface area contributed by atoms with Gasteiger partial charge in [0.25, 0.3) is 5.91 Å². The number of likely N-dealkylation sites (tertiary alicyclic amines) is 1. The van der Waals surface area contributed by atoms with Crippen LogP contribution in [0.1, 0.15) is 30.1 Å². The van der Waals surface area contributed by atoms with E-state index in [0.717, 1.165) is 25.0 Å². The molecule has 1 aromatic carbocycles. The van der Waals surface area contributed by atoms with Gasteiger partial charge in [-0.15, -0.1) is 0 Å². The number of nitrogens with zero attached hydrogens (tertiary/aromatic N) is 1. The van der Waals surface area contributed by atoms with Gasteiger partial charge in [0, 0.05) is 37.8 Å². The van der Waals surface area contributed by atoms with Crippen LogP contribution in [0.4, 0.5) is 13.6 Å². The number of carbonyl (C=O) groups is 2. The van der Waals surface area contributed by atoms with Crippen LogP contribution in [0.3, 0.4) is 0 Å². The van der Waals surface area contributed by atoms with Crippen LogP contribution in [0.25, 0.3) is 0 Å². The first-order valence-corrected chi connectivity index (χ1v) is 8.39. The smallest absolute Gasteiger partial charge is 0.409 e. The molecular weight excluding hydrogens is 368 g/mol. The van der Waals surface area contributed by atoms with Crippen LogP contribution >= 0.6 is 0 Å². The fourth-order valence-corrected chi connectivity index (χ4v) is 2.67. The molecule has 2 N–H and O–H groups in total. The van der Waals surface area contributed by atoms with E-state index < -0.39 is 17.5 Å². The predicted molar refractivity (Wildman–Crippen MR) is 88.3 cm³/mol. The molecule has 0 spiro atoms. The van der Waals surface area contributed by atoms with E-state index >= 15 is 0 Å². The number of halogens is 3. The molecule has 0 radical (unpaired) electrons. The van der Waals surface area contributed by atoms with Gasteiger partial charge in [-0.25, -0.2) is 13.6 Å². The highest BCUT2D eigenvalue weighted by molar-refractivity contribution is 5.94. The van der Waals surface area contributed by atoms with Gasteiger partial charge >= 0.3 is 6.09 Å². The third-order valence-electron chi connectivity index (χ3n) is 4.05. The van der Waals surface area contributed by atoms with Crippen LogP contribution in [0.2, 0.25) is 0 Å².